The van der Waals surface area contributed by atoms with E-state index in [1.807, 2.05) is 24.5 Å². The van der Waals surface area contributed by atoms with Crippen molar-refractivity contribution in [2.24, 2.45) is 0 Å². The van der Waals surface area contributed by atoms with Gasteiger partial charge in [0.25, 0.3) is 0 Å². The predicted molar refractivity (Wildman–Crippen MR) is 86.5 cm³/mol. The summed E-state index contributed by atoms with van der Waals surface area (Å²) in [6.45, 7) is 2.06. The van der Waals surface area contributed by atoms with Crippen molar-refractivity contribution in [2.75, 3.05) is 0 Å². The summed E-state index contributed by atoms with van der Waals surface area (Å²) in [6.07, 6.45) is 3.08. The first-order valence-corrected chi connectivity index (χ1v) is 7.20. The van der Waals surface area contributed by atoms with Crippen molar-refractivity contribution < 1.29 is 5.11 Å². The van der Waals surface area contributed by atoms with Crippen LogP contribution >= 0.6 is 11.6 Å². The van der Waals surface area contributed by atoms with Gasteiger partial charge in [-0.3, -0.25) is 0 Å². The van der Waals surface area contributed by atoms with Crippen LogP contribution in [0.1, 0.15) is 22.8 Å². The first kappa shape index (κ1) is 13.9. The van der Waals surface area contributed by atoms with Crippen molar-refractivity contribution in [1.82, 2.24) is 4.98 Å². The molecule has 0 amide bonds. The molecule has 0 aliphatic carbocycles. The first-order chi connectivity index (χ1) is 10.1. The lowest BCUT2D eigenvalue weighted by molar-refractivity contribution is 0.221. The van der Waals surface area contributed by atoms with Crippen LogP contribution in [0.25, 0.3) is 11.1 Å². The summed E-state index contributed by atoms with van der Waals surface area (Å²) < 4.78 is 0. The highest BCUT2D eigenvalue weighted by Gasteiger charge is 2.16. The van der Waals surface area contributed by atoms with E-state index < -0.39 is 6.10 Å². The summed E-state index contributed by atoms with van der Waals surface area (Å²) in [5.74, 6) is 0. The van der Waals surface area contributed by atoms with E-state index in [1.54, 1.807) is 12.1 Å². The molecule has 0 saturated carbocycles. The monoisotopic (exact) mass is 297 g/mol. The molecule has 1 heterocycles. The van der Waals surface area contributed by atoms with Gasteiger partial charge < -0.3 is 10.1 Å². The normalized spacial score (nSPS) is 12.3. The minimum atomic E-state index is -0.676. The van der Waals surface area contributed by atoms with Crippen molar-refractivity contribution in [2.45, 2.75) is 13.0 Å². The van der Waals surface area contributed by atoms with E-state index in [0.717, 1.165) is 22.3 Å². The van der Waals surface area contributed by atoms with E-state index in [-0.39, 0.29) is 0 Å². The van der Waals surface area contributed by atoms with E-state index in [4.69, 9.17) is 11.6 Å². The molecule has 0 saturated heterocycles. The fourth-order valence-corrected chi connectivity index (χ4v) is 2.54. The van der Waals surface area contributed by atoms with E-state index in [2.05, 4.69) is 36.2 Å². The van der Waals surface area contributed by atoms with Gasteiger partial charge in [-0.05, 0) is 30.2 Å². The molecule has 2 N–H and O–H groups in total. The largest absolute Gasteiger partial charge is 0.384 e. The molecule has 0 bridgehead atoms. The third-order valence-electron chi connectivity index (χ3n) is 3.62. The highest BCUT2D eigenvalue weighted by Crippen LogP contribution is 2.32. The van der Waals surface area contributed by atoms with Crippen LogP contribution in [-0.4, -0.2) is 10.1 Å². The molecule has 2 aromatic carbocycles. The second-order valence-corrected chi connectivity index (χ2v) is 5.58. The minimum Gasteiger partial charge on any atom is -0.384 e. The maximum Gasteiger partial charge on any atom is 0.106 e. The number of rotatable bonds is 3. The fourth-order valence-electron chi connectivity index (χ4n) is 2.41. The number of halogens is 1. The number of hydrogen-bond donors (Lipinski definition) is 2. The van der Waals surface area contributed by atoms with Crippen molar-refractivity contribution in [3.63, 3.8) is 0 Å². The number of aryl methyl sites for hydroxylation is 1. The maximum absolute atomic E-state index is 10.6. The van der Waals surface area contributed by atoms with Gasteiger partial charge in [0.1, 0.15) is 6.10 Å². The lowest BCUT2D eigenvalue weighted by Crippen LogP contribution is -1.99. The number of aromatic amines is 1. The third-order valence-corrected chi connectivity index (χ3v) is 3.87. The van der Waals surface area contributed by atoms with E-state index in [1.165, 1.54) is 5.56 Å². The zero-order valence-corrected chi connectivity index (χ0v) is 12.4. The summed E-state index contributed by atoms with van der Waals surface area (Å²) in [6, 6.07) is 15.5. The topological polar surface area (TPSA) is 36.0 Å². The van der Waals surface area contributed by atoms with Gasteiger partial charge in [0, 0.05) is 28.5 Å². The van der Waals surface area contributed by atoms with E-state index in [0.29, 0.717) is 5.02 Å². The Morgan fingerprint density at radius 1 is 0.952 bits per heavy atom. The highest BCUT2D eigenvalue weighted by atomic mass is 35.5. The summed E-state index contributed by atoms with van der Waals surface area (Å²) in [7, 11) is 0. The number of aliphatic hydroxyl groups excluding tert-OH is 1. The third kappa shape index (κ3) is 2.87. The molecule has 1 aromatic heterocycles. The van der Waals surface area contributed by atoms with Gasteiger partial charge in [0.2, 0.25) is 0 Å². The van der Waals surface area contributed by atoms with Crippen LogP contribution in [0.4, 0.5) is 0 Å². The van der Waals surface area contributed by atoms with Gasteiger partial charge in [-0.25, -0.2) is 0 Å². The molecule has 0 radical (unpaired) electrons. The van der Waals surface area contributed by atoms with Gasteiger partial charge in [-0.2, -0.15) is 0 Å². The molecular formula is C18H16ClNO. The zero-order valence-electron chi connectivity index (χ0n) is 11.7. The van der Waals surface area contributed by atoms with E-state index >= 15 is 0 Å². The minimum absolute atomic E-state index is 0.666. The molecule has 3 aromatic rings. The Morgan fingerprint density at radius 3 is 2.29 bits per heavy atom. The number of benzene rings is 2. The summed E-state index contributed by atoms with van der Waals surface area (Å²) >= 11 is 5.90. The molecule has 3 heteroatoms. The van der Waals surface area contributed by atoms with E-state index in [9.17, 15) is 5.11 Å². The molecule has 2 nitrogen and oxygen atoms in total. The van der Waals surface area contributed by atoms with Crippen LogP contribution in [0.5, 0.6) is 0 Å². The molecule has 0 spiro atoms. The van der Waals surface area contributed by atoms with Crippen LogP contribution < -0.4 is 0 Å². The molecule has 0 aliphatic heterocycles. The molecule has 21 heavy (non-hydrogen) atoms. The van der Waals surface area contributed by atoms with Crippen molar-refractivity contribution in [3.8, 4) is 11.1 Å². The fraction of sp³-hybridized carbons (Fsp3) is 0.111. The smallest absolute Gasteiger partial charge is 0.106 e. The Morgan fingerprint density at radius 2 is 1.62 bits per heavy atom. The maximum atomic E-state index is 10.6. The van der Waals surface area contributed by atoms with Crippen LogP contribution in [0.2, 0.25) is 5.02 Å². The standard InChI is InChI=1S/C18H16ClNO/c1-12-2-4-13(5-3-12)16-10-20-11-17(16)18(21)14-6-8-15(19)9-7-14/h2-11,18,20-21H,1H3/t18-/m1/s1. The van der Waals surface area contributed by atoms with Crippen molar-refractivity contribution >= 4 is 11.6 Å². The lowest BCUT2D eigenvalue weighted by Gasteiger charge is -2.12. The van der Waals surface area contributed by atoms with Gasteiger partial charge in [0.15, 0.2) is 0 Å². The van der Waals surface area contributed by atoms with Gasteiger partial charge >= 0.3 is 0 Å². The molecule has 106 valence electrons. The average molecular weight is 298 g/mol. The predicted octanol–water partition coefficient (Wildman–Crippen LogP) is 4.73. The summed E-state index contributed by atoms with van der Waals surface area (Å²) in [5, 5.41) is 11.3. The second-order valence-electron chi connectivity index (χ2n) is 5.14. The number of H-pyrrole nitrogens is 1. The van der Waals surface area contributed by atoms with Crippen LogP contribution in [0.15, 0.2) is 60.9 Å². The SMILES string of the molecule is Cc1ccc(-c2c[nH]cc2[C@H](O)c2ccc(Cl)cc2)cc1. The molecule has 0 unspecified atom stereocenters. The Labute approximate surface area is 129 Å². The van der Waals surface area contributed by atoms with Crippen LogP contribution in [0.3, 0.4) is 0 Å². The summed E-state index contributed by atoms with van der Waals surface area (Å²) in [5.41, 5.74) is 5.00. The average Bonchev–Trinajstić information content (AvgIpc) is 2.97. The molecule has 0 aliphatic rings. The number of aromatic nitrogens is 1. The zero-order chi connectivity index (χ0) is 14.8. The highest BCUT2D eigenvalue weighted by molar-refractivity contribution is 6.30. The Kier molecular flexibility index (Phi) is 3.82. The van der Waals surface area contributed by atoms with Gasteiger partial charge in [0.05, 0.1) is 0 Å². The number of hydrogen-bond acceptors (Lipinski definition) is 1. The van der Waals surface area contributed by atoms with Crippen molar-refractivity contribution in [3.05, 3.63) is 82.6 Å². The summed E-state index contributed by atoms with van der Waals surface area (Å²) in [4.78, 5) is 3.09. The van der Waals surface area contributed by atoms with Gasteiger partial charge in [-0.15, -0.1) is 0 Å². The Balaban J connectivity index is 1.98. The molecule has 1 atom stereocenters. The van der Waals surface area contributed by atoms with Crippen molar-refractivity contribution in [1.29, 1.82) is 0 Å². The number of aliphatic hydroxyl groups is 1. The molecule has 0 fully saturated rings. The first-order valence-electron chi connectivity index (χ1n) is 6.82. The second kappa shape index (κ2) is 5.76. The van der Waals surface area contributed by atoms with Gasteiger partial charge in [-0.1, -0.05) is 53.6 Å². The lowest BCUT2D eigenvalue weighted by atomic mass is 9.96. The van der Waals surface area contributed by atoms with Crippen LogP contribution in [-0.2, 0) is 0 Å². The molecular weight excluding hydrogens is 282 g/mol. The quantitative estimate of drug-likeness (QED) is 0.720. The van der Waals surface area contributed by atoms with Crippen LogP contribution in [0, 0.1) is 6.92 Å². The number of nitrogens with one attached hydrogen (secondary N) is 1. The Hall–Kier alpha value is -2.03. The molecule has 3 rings (SSSR count). The Bertz CT molecular complexity index is 729.